The van der Waals surface area contributed by atoms with E-state index < -0.39 is 0 Å². The Balaban J connectivity index is 2.30. The van der Waals surface area contributed by atoms with Gasteiger partial charge in [0.05, 0.1) is 13.2 Å². The quantitative estimate of drug-likeness (QED) is 0.824. The van der Waals surface area contributed by atoms with E-state index in [0.717, 1.165) is 19.8 Å². The second kappa shape index (κ2) is 4.85. The summed E-state index contributed by atoms with van der Waals surface area (Å²) in [7, 11) is 0. The summed E-state index contributed by atoms with van der Waals surface area (Å²) in [5.41, 5.74) is 9.58. The molecule has 1 aromatic carbocycles. The van der Waals surface area contributed by atoms with Gasteiger partial charge in [-0.1, -0.05) is 17.7 Å². The summed E-state index contributed by atoms with van der Waals surface area (Å²) in [4.78, 5) is 2.39. The molecule has 16 heavy (non-hydrogen) atoms. The molecule has 3 heteroatoms. The van der Waals surface area contributed by atoms with Crippen molar-refractivity contribution in [3.63, 3.8) is 0 Å². The number of rotatable bonds is 2. The fourth-order valence-electron chi connectivity index (χ4n) is 2.24. The normalized spacial score (nSPS) is 21.2. The Morgan fingerprint density at radius 1 is 1.50 bits per heavy atom. The first-order valence-corrected chi connectivity index (χ1v) is 5.86. The SMILES string of the molecule is Cc1ccc(N2CCOCC2C)c(CN)c1. The van der Waals surface area contributed by atoms with E-state index in [2.05, 4.69) is 36.9 Å². The highest BCUT2D eigenvalue weighted by Gasteiger charge is 2.20. The van der Waals surface area contributed by atoms with Crippen LogP contribution in [0, 0.1) is 6.92 Å². The second-order valence-corrected chi connectivity index (χ2v) is 4.45. The van der Waals surface area contributed by atoms with Gasteiger partial charge >= 0.3 is 0 Å². The molecule has 0 radical (unpaired) electrons. The summed E-state index contributed by atoms with van der Waals surface area (Å²) in [6.45, 7) is 7.46. The van der Waals surface area contributed by atoms with Gasteiger partial charge in [-0.15, -0.1) is 0 Å². The molecule has 0 spiro atoms. The van der Waals surface area contributed by atoms with Crippen molar-refractivity contribution in [1.82, 2.24) is 0 Å². The van der Waals surface area contributed by atoms with Gasteiger partial charge in [-0.2, -0.15) is 0 Å². The maximum atomic E-state index is 5.81. The van der Waals surface area contributed by atoms with E-state index in [1.54, 1.807) is 0 Å². The Labute approximate surface area is 97.2 Å². The van der Waals surface area contributed by atoms with Crippen LogP contribution in [0.2, 0.25) is 0 Å². The molecule has 0 saturated carbocycles. The summed E-state index contributed by atoms with van der Waals surface area (Å²) in [5, 5.41) is 0. The predicted octanol–water partition coefficient (Wildman–Crippen LogP) is 1.68. The van der Waals surface area contributed by atoms with Crippen molar-refractivity contribution in [3.05, 3.63) is 29.3 Å². The van der Waals surface area contributed by atoms with Crippen LogP contribution in [0.1, 0.15) is 18.1 Å². The average molecular weight is 220 g/mol. The lowest BCUT2D eigenvalue weighted by Gasteiger charge is -2.36. The van der Waals surface area contributed by atoms with Gasteiger partial charge in [-0.25, -0.2) is 0 Å². The summed E-state index contributed by atoms with van der Waals surface area (Å²) >= 11 is 0. The van der Waals surface area contributed by atoms with Gasteiger partial charge < -0.3 is 15.4 Å². The van der Waals surface area contributed by atoms with Crippen LogP contribution in [0.5, 0.6) is 0 Å². The smallest absolute Gasteiger partial charge is 0.0668 e. The number of hydrogen-bond acceptors (Lipinski definition) is 3. The minimum absolute atomic E-state index is 0.432. The highest BCUT2D eigenvalue weighted by atomic mass is 16.5. The van der Waals surface area contributed by atoms with E-state index in [1.165, 1.54) is 16.8 Å². The minimum atomic E-state index is 0.432. The Hall–Kier alpha value is -1.06. The summed E-state index contributed by atoms with van der Waals surface area (Å²) in [6, 6.07) is 6.94. The van der Waals surface area contributed by atoms with E-state index in [1.807, 2.05) is 0 Å². The number of aryl methyl sites for hydroxylation is 1. The van der Waals surface area contributed by atoms with E-state index >= 15 is 0 Å². The van der Waals surface area contributed by atoms with Gasteiger partial charge in [0.1, 0.15) is 0 Å². The van der Waals surface area contributed by atoms with E-state index in [0.29, 0.717) is 12.6 Å². The molecule has 2 rings (SSSR count). The number of ether oxygens (including phenoxy) is 1. The first-order valence-electron chi connectivity index (χ1n) is 5.86. The molecule has 0 aromatic heterocycles. The van der Waals surface area contributed by atoms with Gasteiger partial charge in [0.15, 0.2) is 0 Å². The third-order valence-corrected chi connectivity index (χ3v) is 3.13. The van der Waals surface area contributed by atoms with Crippen molar-refractivity contribution in [3.8, 4) is 0 Å². The lowest BCUT2D eigenvalue weighted by molar-refractivity contribution is 0.0988. The molecule has 3 nitrogen and oxygen atoms in total. The fourth-order valence-corrected chi connectivity index (χ4v) is 2.24. The van der Waals surface area contributed by atoms with Crippen molar-refractivity contribution >= 4 is 5.69 Å². The Morgan fingerprint density at radius 2 is 2.31 bits per heavy atom. The zero-order valence-electron chi connectivity index (χ0n) is 10.1. The molecule has 1 aliphatic rings. The van der Waals surface area contributed by atoms with E-state index in [-0.39, 0.29) is 0 Å². The van der Waals surface area contributed by atoms with Crippen molar-refractivity contribution in [2.24, 2.45) is 5.73 Å². The highest BCUT2D eigenvalue weighted by Crippen LogP contribution is 2.25. The van der Waals surface area contributed by atoms with Crippen molar-refractivity contribution < 1.29 is 4.74 Å². The first-order chi connectivity index (χ1) is 7.72. The Kier molecular flexibility index (Phi) is 3.46. The van der Waals surface area contributed by atoms with Crippen molar-refractivity contribution in [2.45, 2.75) is 26.4 Å². The topological polar surface area (TPSA) is 38.5 Å². The van der Waals surface area contributed by atoms with Gasteiger partial charge in [0.25, 0.3) is 0 Å². The molecule has 1 atom stereocenters. The van der Waals surface area contributed by atoms with Crippen LogP contribution in [-0.2, 0) is 11.3 Å². The molecule has 1 unspecified atom stereocenters. The van der Waals surface area contributed by atoms with Gasteiger partial charge in [-0.3, -0.25) is 0 Å². The van der Waals surface area contributed by atoms with Crippen LogP contribution in [0.25, 0.3) is 0 Å². The first kappa shape index (κ1) is 11.4. The second-order valence-electron chi connectivity index (χ2n) is 4.45. The number of morpholine rings is 1. The number of nitrogens with two attached hydrogens (primary N) is 1. The minimum Gasteiger partial charge on any atom is -0.377 e. The van der Waals surface area contributed by atoms with Crippen LogP contribution in [0.4, 0.5) is 5.69 Å². The monoisotopic (exact) mass is 220 g/mol. The van der Waals surface area contributed by atoms with E-state index in [4.69, 9.17) is 10.5 Å². The molecule has 1 heterocycles. The molecule has 0 bridgehead atoms. The molecule has 2 N–H and O–H groups in total. The van der Waals surface area contributed by atoms with Crippen LogP contribution in [-0.4, -0.2) is 25.8 Å². The van der Waals surface area contributed by atoms with Crippen LogP contribution >= 0.6 is 0 Å². The molecule has 1 fully saturated rings. The standard InChI is InChI=1S/C13H20N2O/c1-10-3-4-13(12(7-10)8-14)15-5-6-16-9-11(15)2/h3-4,7,11H,5-6,8-9,14H2,1-2H3. The Morgan fingerprint density at radius 3 is 3.00 bits per heavy atom. The van der Waals surface area contributed by atoms with Crippen LogP contribution < -0.4 is 10.6 Å². The zero-order chi connectivity index (χ0) is 11.5. The average Bonchev–Trinajstić information content (AvgIpc) is 2.30. The molecule has 88 valence electrons. The third kappa shape index (κ3) is 2.20. The predicted molar refractivity (Wildman–Crippen MR) is 66.7 cm³/mol. The molecule has 1 aliphatic heterocycles. The van der Waals surface area contributed by atoms with Crippen LogP contribution in [0.15, 0.2) is 18.2 Å². The van der Waals surface area contributed by atoms with Gasteiger partial charge in [0, 0.05) is 24.8 Å². The molecular weight excluding hydrogens is 200 g/mol. The molecular formula is C13H20N2O. The number of hydrogen-bond donors (Lipinski definition) is 1. The largest absolute Gasteiger partial charge is 0.377 e. The van der Waals surface area contributed by atoms with Gasteiger partial charge in [0.2, 0.25) is 0 Å². The number of benzene rings is 1. The lowest BCUT2D eigenvalue weighted by atomic mass is 10.1. The van der Waals surface area contributed by atoms with Crippen LogP contribution in [0.3, 0.4) is 0 Å². The molecule has 0 amide bonds. The number of anilines is 1. The molecule has 0 aliphatic carbocycles. The number of nitrogens with zero attached hydrogens (tertiary/aromatic N) is 1. The third-order valence-electron chi connectivity index (χ3n) is 3.13. The lowest BCUT2D eigenvalue weighted by Crippen LogP contribution is -2.44. The Bertz CT molecular complexity index is 365. The summed E-state index contributed by atoms with van der Waals surface area (Å²) in [6.07, 6.45) is 0. The maximum absolute atomic E-state index is 5.81. The zero-order valence-corrected chi connectivity index (χ0v) is 10.1. The summed E-state index contributed by atoms with van der Waals surface area (Å²) in [5.74, 6) is 0. The molecule has 1 aromatic rings. The van der Waals surface area contributed by atoms with Crippen molar-refractivity contribution in [1.29, 1.82) is 0 Å². The van der Waals surface area contributed by atoms with Crippen molar-refractivity contribution in [2.75, 3.05) is 24.7 Å². The van der Waals surface area contributed by atoms with E-state index in [9.17, 15) is 0 Å². The van der Waals surface area contributed by atoms with Gasteiger partial charge in [-0.05, 0) is 25.5 Å². The maximum Gasteiger partial charge on any atom is 0.0668 e. The highest BCUT2D eigenvalue weighted by molar-refractivity contribution is 5.56. The molecule has 1 saturated heterocycles. The summed E-state index contributed by atoms with van der Waals surface area (Å²) < 4.78 is 5.46. The fraction of sp³-hybridized carbons (Fsp3) is 0.538.